The number of nitrogens with zero attached hydrogens (tertiary/aromatic N) is 1. The Bertz CT molecular complexity index is 356. The quantitative estimate of drug-likeness (QED) is 0.868. The maximum Gasteiger partial charge on any atom is 0.0496 e. The maximum atomic E-state index is 6.19. The average molecular weight is 232 g/mol. The molecule has 0 aliphatic carbocycles. The van der Waals surface area contributed by atoms with Crippen LogP contribution in [-0.2, 0) is 0 Å². The third kappa shape index (κ3) is 2.88. The monoisotopic (exact) mass is 232 g/mol. The Kier molecular flexibility index (Phi) is 3.85. The van der Waals surface area contributed by atoms with Crippen molar-refractivity contribution in [2.45, 2.75) is 39.3 Å². The molecule has 2 heteroatoms. The summed E-state index contributed by atoms with van der Waals surface area (Å²) in [6.45, 7) is 8.94. The summed E-state index contributed by atoms with van der Waals surface area (Å²) in [5, 5.41) is 0. The van der Waals surface area contributed by atoms with E-state index in [2.05, 4.69) is 49.9 Å². The Hall–Kier alpha value is -0.860. The van der Waals surface area contributed by atoms with E-state index in [4.69, 9.17) is 5.73 Å². The molecule has 94 valence electrons. The van der Waals surface area contributed by atoms with Crippen LogP contribution in [0.2, 0.25) is 0 Å². The molecule has 1 aromatic rings. The standard InChI is InChI=1S/C15H24N2/c1-11-4-6-14(7-5-11)15(13(3)16)17-9-8-12(2)10-17/h4-7,12-13,15H,8-10,16H2,1-3H3. The molecule has 0 bridgehead atoms. The van der Waals surface area contributed by atoms with Gasteiger partial charge in [0.05, 0.1) is 0 Å². The summed E-state index contributed by atoms with van der Waals surface area (Å²) in [6, 6.07) is 9.39. The Labute approximate surface area is 105 Å². The fraction of sp³-hybridized carbons (Fsp3) is 0.600. The summed E-state index contributed by atoms with van der Waals surface area (Å²) in [5.41, 5.74) is 8.86. The number of hydrogen-bond donors (Lipinski definition) is 1. The average Bonchev–Trinajstić information content (AvgIpc) is 2.68. The molecule has 0 radical (unpaired) electrons. The topological polar surface area (TPSA) is 29.3 Å². The van der Waals surface area contributed by atoms with Crippen LogP contribution in [0.4, 0.5) is 0 Å². The minimum Gasteiger partial charge on any atom is -0.326 e. The lowest BCUT2D eigenvalue weighted by atomic mass is 9.98. The minimum absolute atomic E-state index is 0.183. The van der Waals surface area contributed by atoms with Gasteiger partial charge < -0.3 is 5.73 Å². The zero-order chi connectivity index (χ0) is 12.4. The van der Waals surface area contributed by atoms with Crippen molar-refractivity contribution in [2.24, 2.45) is 11.7 Å². The third-order valence-corrected chi connectivity index (χ3v) is 3.77. The first-order valence-electron chi connectivity index (χ1n) is 6.64. The van der Waals surface area contributed by atoms with Gasteiger partial charge in [-0.2, -0.15) is 0 Å². The van der Waals surface area contributed by atoms with E-state index in [1.54, 1.807) is 0 Å². The minimum atomic E-state index is 0.183. The highest BCUT2D eigenvalue weighted by Crippen LogP contribution is 2.29. The van der Waals surface area contributed by atoms with Crippen LogP contribution in [0.25, 0.3) is 0 Å². The molecule has 1 aliphatic rings. The van der Waals surface area contributed by atoms with Gasteiger partial charge in [-0.3, -0.25) is 4.90 Å². The molecule has 0 amide bonds. The van der Waals surface area contributed by atoms with Gasteiger partial charge in [-0.05, 0) is 38.3 Å². The fourth-order valence-corrected chi connectivity index (χ4v) is 2.83. The van der Waals surface area contributed by atoms with E-state index in [0.717, 1.165) is 5.92 Å². The Balaban J connectivity index is 2.20. The Morgan fingerprint density at radius 2 is 1.94 bits per heavy atom. The fourth-order valence-electron chi connectivity index (χ4n) is 2.83. The number of nitrogens with two attached hydrogens (primary N) is 1. The van der Waals surface area contributed by atoms with E-state index in [1.165, 1.54) is 30.6 Å². The number of hydrogen-bond acceptors (Lipinski definition) is 2. The van der Waals surface area contributed by atoms with E-state index in [1.807, 2.05) is 0 Å². The molecule has 1 saturated heterocycles. The van der Waals surface area contributed by atoms with E-state index in [-0.39, 0.29) is 6.04 Å². The first-order chi connectivity index (χ1) is 8.08. The van der Waals surface area contributed by atoms with Gasteiger partial charge in [0.15, 0.2) is 0 Å². The predicted molar refractivity (Wildman–Crippen MR) is 72.9 cm³/mol. The lowest BCUT2D eigenvalue weighted by Crippen LogP contribution is -2.38. The summed E-state index contributed by atoms with van der Waals surface area (Å²) in [6.07, 6.45) is 1.30. The molecule has 17 heavy (non-hydrogen) atoms. The van der Waals surface area contributed by atoms with Gasteiger partial charge in [-0.25, -0.2) is 0 Å². The summed E-state index contributed by atoms with van der Waals surface area (Å²) in [7, 11) is 0. The van der Waals surface area contributed by atoms with Crippen LogP contribution in [0.15, 0.2) is 24.3 Å². The normalized spacial score (nSPS) is 24.8. The van der Waals surface area contributed by atoms with Gasteiger partial charge >= 0.3 is 0 Å². The van der Waals surface area contributed by atoms with E-state index in [9.17, 15) is 0 Å². The molecule has 0 spiro atoms. The van der Waals surface area contributed by atoms with Crippen LogP contribution in [0, 0.1) is 12.8 Å². The van der Waals surface area contributed by atoms with Crippen molar-refractivity contribution < 1.29 is 0 Å². The van der Waals surface area contributed by atoms with Gasteiger partial charge in [-0.15, -0.1) is 0 Å². The molecular formula is C15H24N2. The summed E-state index contributed by atoms with van der Waals surface area (Å²) in [5.74, 6) is 0.807. The van der Waals surface area contributed by atoms with E-state index < -0.39 is 0 Å². The molecular weight excluding hydrogens is 208 g/mol. The van der Waals surface area contributed by atoms with Gasteiger partial charge in [0.25, 0.3) is 0 Å². The molecule has 2 N–H and O–H groups in total. The van der Waals surface area contributed by atoms with Crippen molar-refractivity contribution in [2.75, 3.05) is 13.1 Å². The lowest BCUT2D eigenvalue weighted by Gasteiger charge is -2.31. The smallest absolute Gasteiger partial charge is 0.0496 e. The molecule has 0 aromatic heterocycles. The van der Waals surface area contributed by atoms with Crippen molar-refractivity contribution >= 4 is 0 Å². The Morgan fingerprint density at radius 1 is 1.29 bits per heavy atom. The van der Waals surface area contributed by atoms with Gasteiger partial charge in [0.1, 0.15) is 0 Å². The molecule has 1 aromatic carbocycles. The highest BCUT2D eigenvalue weighted by molar-refractivity contribution is 5.25. The molecule has 1 fully saturated rings. The van der Waals surface area contributed by atoms with Crippen LogP contribution >= 0.6 is 0 Å². The summed E-state index contributed by atoms with van der Waals surface area (Å²) in [4.78, 5) is 2.54. The first kappa shape index (κ1) is 12.6. The first-order valence-corrected chi connectivity index (χ1v) is 6.64. The largest absolute Gasteiger partial charge is 0.326 e. The van der Waals surface area contributed by atoms with E-state index in [0.29, 0.717) is 6.04 Å². The van der Waals surface area contributed by atoms with Gasteiger partial charge in [-0.1, -0.05) is 36.8 Å². The van der Waals surface area contributed by atoms with Crippen molar-refractivity contribution in [1.29, 1.82) is 0 Å². The SMILES string of the molecule is Cc1ccc(C(C(C)N)N2CCC(C)C2)cc1. The highest BCUT2D eigenvalue weighted by Gasteiger charge is 2.29. The van der Waals surface area contributed by atoms with Gasteiger partial charge in [0.2, 0.25) is 0 Å². The molecule has 3 unspecified atom stereocenters. The number of rotatable bonds is 3. The molecule has 2 rings (SSSR count). The second-order valence-electron chi connectivity index (χ2n) is 5.60. The molecule has 0 saturated carbocycles. The highest BCUT2D eigenvalue weighted by atomic mass is 15.2. The van der Waals surface area contributed by atoms with Crippen LogP contribution in [0.1, 0.15) is 37.4 Å². The molecule has 3 atom stereocenters. The van der Waals surface area contributed by atoms with Crippen molar-refractivity contribution in [1.82, 2.24) is 4.90 Å². The third-order valence-electron chi connectivity index (χ3n) is 3.77. The van der Waals surface area contributed by atoms with Crippen molar-refractivity contribution in [3.63, 3.8) is 0 Å². The van der Waals surface area contributed by atoms with Crippen LogP contribution < -0.4 is 5.73 Å². The predicted octanol–water partition coefficient (Wildman–Crippen LogP) is 2.73. The molecule has 1 aliphatic heterocycles. The zero-order valence-electron chi connectivity index (χ0n) is 11.2. The lowest BCUT2D eigenvalue weighted by molar-refractivity contribution is 0.213. The molecule has 1 heterocycles. The van der Waals surface area contributed by atoms with Crippen molar-refractivity contribution in [3.05, 3.63) is 35.4 Å². The maximum absolute atomic E-state index is 6.19. The number of benzene rings is 1. The Morgan fingerprint density at radius 3 is 2.41 bits per heavy atom. The summed E-state index contributed by atoms with van der Waals surface area (Å²) < 4.78 is 0. The van der Waals surface area contributed by atoms with Crippen LogP contribution in [0.5, 0.6) is 0 Å². The number of likely N-dealkylation sites (tertiary alicyclic amines) is 1. The zero-order valence-corrected chi connectivity index (χ0v) is 11.2. The van der Waals surface area contributed by atoms with Crippen molar-refractivity contribution in [3.8, 4) is 0 Å². The van der Waals surface area contributed by atoms with Crippen LogP contribution in [-0.4, -0.2) is 24.0 Å². The number of aryl methyl sites for hydroxylation is 1. The summed E-state index contributed by atoms with van der Waals surface area (Å²) >= 11 is 0. The van der Waals surface area contributed by atoms with Crippen LogP contribution in [0.3, 0.4) is 0 Å². The second kappa shape index (κ2) is 5.19. The second-order valence-corrected chi connectivity index (χ2v) is 5.60. The van der Waals surface area contributed by atoms with Gasteiger partial charge in [0, 0.05) is 18.6 Å². The molecule has 2 nitrogen and oxygen atoms in total. The van der Waals surface area contributed by atoms with E-state index >= 15 is 0 Å².